The molecule has 1 rings (SSSR count). The third-order valence-electron chi connectivity index (χ3n) is 2.67. The number of nitrogens with zero attached hydrogens (tertiary/aromatic N) is 1. The van der Waals surface area contributed by atoms with Crippen LogP contribution < -0.4 is 0 Å². The molecule has 4 heteroatoms. The topological polar surface area (TPSA) is 40.5 Å². The Morgan fingerprint density at radius 3 is 2.07 bits per heavy atom. The first-order valence-corrected chi connectivity index (χ1v) is 5.10. The number of hydrogen-bond donors (Lipinski definition) is 1. The molecule has 0 aromatic heterocycles. The Kier molecular flexibility index (Phi) is 6.12. The molecular formula is C10H20ClNO2. The van der Waals surface area contributed by atoms with Crippen LogP contribution in [-0.2, 0) is 4.79 Å². The molecule has 0 radical (unpaired) electrons. The van der Waals surface area contributed by atoms with E-state index < -0.39 is 5.97 Å². The maximum atomic E-state index is 11.0. The van der Waals surface area contributed by atoms with E-state index in [2.05, 4.69) is 4.90 Å². The Morgan fingerprint density at radius 1 is 1.21 bits per heavy atom. The molecule has 3 nitrogen and oxygen atoms in total. The van der Waals surface area contributed by atoms with Crippen LogP contribution in [0.15, 0.2) is 0 Å². The lowest BCUT2D eigenvalue weighted by Gasteiger charge is -2.34. The minimum atomic E-state index is -0.670. The molecule has 0 aromatic rings. The molecular weight excluding hydrogens is 202 g/mol. The van der Waals surface area contributed by atoms with E-state index in [9.17, 15) is 4.79 Å². The summed E-state index contributed by atoms with van der Waals surface area (Å²) in [7, 11) is 0. The highest BCUT2D eigenvalue weighted by atomic mass is 35.5. The second kappa shape index (κ2) is 6.25. The molecule has 14 heavy (non-hydrogen) atoms. The summed E-state index contributed by atoms with van der Waals surface area (Å²) >= 11 is 0. The fraction of sp³-hybridized carbons (Fsp3) is 0.900. The van der Waals surface area contributed by atoms with Crippen LogP contribution in [0.1, 0.15) is 33.1 Å². The summed E-state index contributed by atoms with van der Waals surface area (Å²) in [5.74, 6) is -0.465. The molecule has 1 saturated heterocycles. The SMILES string of the molecule is CC(C)[C@@H](C(=O)O)N1CCCCC1.Cl. The van der Waals surface area contributed by atoms with Gasteiger partial charge in [0.25, 0.3) is 0 Å². The summed E-state index contributed by atoms with van der Waals surface area (Å²) in [5, 5.41) is 9.05. The average molecular weight is 222 g/mol. The van der Waals surface area contributed by atoms with Crippen LogP contribution in [0.2, 0.25) is 0 Å². The zero-order chi connectivity index (χ0) is 9.84. The van der Waals surface area contributed by atoms with Gasteiger partial charge in [0.1, 0.15) is 6.04 Å². The highest BCUT2D eigenvalue weighted by molar-refractivity contribution is 5.85. The van der Waals surface area contributed by atoms with Gasteiger partial charge in [-0.1, -0.05) is 20.3 Å². The van der Waals surface area contributed by atoms with Crippen molar-refractivity contribution in [1.29, 1.82) is 0 Å². The fourth-order valence-corrected chi connectivity index (χ4v) is 2.06. The van der Waals surface area contributed by atoms with Gasteiger partial charge in [0.2, 0.25) is 0 Å². The van der Waals surface area contributed by atoms with Crippen LogP contribution in [0.4, 0.5) is 0 Å². The monoisotopic (exact) mass is 221 g/mol. The van der Waals surface area contributed by atoms with E-state index in [0.717, 1.165) is 25.9 Å². The number of rotatable bonds is 3. The maximum absolute atomic E-state index is 11.0. The standard InChI is InChI=1S/C10H19NO2.ClH/c1-8(2)9(10(12)13)11-6-4-3-5-7-11;/h8-9H,3-7H2,1-2H3,(H,12,13);1H/t9-;/m0./s1. The van der Waals surface area contributed by atoms with Crippen LogP contribution >= 0.6 is 12.4 Å². The van der Waals surface area contributed by atoms with Gasteiger partial charge in [0.05, 0.1) is 0 Å². The highest BCUT2D eigenvalue weighted by Gasteiger charge is 2.29. The average Bonchev–Trinajstić information content (AvgIpc) is 2.04. The molecule has 1 N–H and O–H groups in total. The largest absolute Gasteiger partial charge is 0.480 e. The van der Waals surface area contributed by atoms with Crippen LogP contribution in [0, 0.1) is 5.92 Å². The third-order valence-corrected chi connectivity index (χ3v) is 2.67. The molecule has 84 valence electrons. The zero-order valence-electron chi connectivity index (χ0n) is 8.90. The van der Waals surface area contributed by atoms with E-state index in [1.165, 1.54) is 6.42 Å². The molecule has 0 saturated carbocycles. The Labute approximate surface area is 91.9 Å². The molecule has 0 amide bonds. The molecule has 1 fully saturated rings. The number of carboxylic acids is 1. The van der Waals surface area contributed by atoms with Gasteiger partial charge < -0.3 is 5.11 Å². The van der Waals surface area contributed by atoms with Crippen molar-refractivity contribution in [2.75, 3.05) is 13.1 Å². The molecule has 1 aliphatic heterocycles. The molecule has 0 unspecified atom stereocenters. The Morgan fingerprint density at radius 2 is 1.71 bits per heavy atom. The van der Waals surface area contributed by atoms with E-state index in [4.69, 9.17) is 5.11 Å². The molecule has 1 atom stereocenters. The number of aliphatic carboxylic acids is 1. The predicted molar refractivity (Wildman–Crippen MR) is 58.9 cm³/mol. The lowest BCUT2D eigenvalue weighted by atomic mass is 9.99. The lowest BCUT2D eigenvalue weighted by molar-refractivity contribution is -0.145. The summed E-state index contributed by atoms with van der Waals surface area (Å²) in [6, 6.07) is -0.278. The summed E-state index contributed by atoms with van der Waals surface area (Å²) in [6.45, 7) is 5.87. The van der Waals surface area contributed by atoms with Crippen LogP contribution in [-0.4, -0.2) is 35.1 Å². The Hall–Kier alpha value is -0.280. The summed E-state index contributed by atoms with van der Waals surface area (Å²) in [6.07, 6.45) is 3.55. The molecule has 0 spiro atoms. The summed E-state index contributed by atoms with van der Waals surface area (Å²) in [4.78, 5) is 13.1. The lowest BCUT2D eigenvalue weighted by Crippen LogP contribution is -2.47. The first-order valence-electron chi connectivity index (χ1n) is 5.10. The van der Waals surface area contributed by atoms with Crippen molar-refractivity contribution in [2.24, 2.45) is 5.92 Å². The van der Waals surface area contributed by atoms with Crippen molar-refractivity contribution in [3.05, 3.63) is 0 Å². The Balaban J connectivity index is 0.00000169. The predicted octanol–water partition coefficient (Wildman–Crippen LogP) is 2.00. The molecule has 0 aromatic carbocycles. The van der Waals surface area contributed by atoms with Crippen molar-refractivity contribution >= 4 is 18.4 Å². The highest BCUT2D eigenvalue weighted by Crippen LogP contribution is 2.17. The number of likely N-dealkylation sites (tertiary alicyclic amines) is 1. The zero-order valence-corrected chi connectivity index (χ0v) is 9.72. The number of piperidine rings is 1. The van der Waals surface area contributed by atoms with Gasteiger partial charge in [-0.25, -0.2) is 0 Å². The van der Waals surface area contributed by atoms with Gasteiger partial charge in [-0.15, -0.1) is 12.4 Å². The van der Waals surface area contributed by atoms with Crippen molar-refractivity contribution in [2.45, 2.75) is 39.2 Å². The number of carboxylic acid groups (broad SMARTS) is 1. The van der Waals surface area contributed by atoms with Gasteiger partial charge in [-0.05, 0) is 31.8 Å². The number of carbonyl (C=O) groups is 1. The second-order valence-corrected chi connectivity index (χ2v) is 4.12. The molecule has 1 aliphatic rings. The maximum Gasteiger partial charge on any atom is 0.321 e. The number of halogens is 1. The summed E-state index contributed by atoms with van der Waals surface area (Å²) < 4.78 is 0. The van der Waals surface area contributed by atoms with Crippen molar-refractivity contribution in [3.8, 4) is 0 Å². The van der Waals surface area contributed by atoms with E-state index in [1.807, 2.05) is 13.8 Å². The van der Waals surface area contributed by atoms with Crippen LogP contribution in [0.25, 0.3) is 0 Å². The van der Waals surface area contributed by atoms with E-state index in [-0.39, 0.29) is 24.4 Å². The molecule has 0 aliphatic carbocycles. The van der Waals surface area contributed by atoms with Crippen LogP contribution in [0.5, 0.6) is 0 Å². The first-order chi connectivity index (χ1) is 6.13. The van der Waals surface area contributed by atoms with Gasteiger partial charge in [0.15, 0.2) is 0 Å². The van der Waals surface area contributed by atoms with Gasteiger partial charge in [-0.3, -0.25) is 9.69 Å². The minimum absolute atomic E-state index is 0. The molecule has 1 heterocycles. The van der Waals surface area contributed by atoms with Crippen molar-refractivity contribution in [3.63, 3.8) is 0 Å². The van der Waals surface area contributed by atoms with E-state index >= 15 is 0 Å². The summed E-state index contributed by atoms with van der Waals surface area (Å²) in [5.41, 5.74) is 0. The normalized spacial score (nSPS) is 20.2. The first kappa shape index (κ1) is 13.7. The second-order valence-electron chi connectivity index (χ2n) is 4.12. The van der Waals surface area contributed by atoms with Crippen molar-refractivity contribution < 1.29 is 9.90 Å². The quantitative estimate of drug-likeness (QED) is 0.793. The Bertz CT molecular complexity index is 179. The van der Waals surface area contributed by atoms with Crippen LogP contribution in [0.3, 0.4) is 0 Å². The third kappa shape index (κ3) is 3.46. The van der Waals surface area contributed by atoms with E-state index in [1.54, 1.807) is 0 Å². The van der Waals surface area contributed by atoms with E-state index in [0.29, 0.717) is 0 Å². The molecule has 0 bridgehead atoms. The number of hydrogen-bond acceptors (Lipinski definition) is 2. The minimum Gasteiger partial charge on any atom is -0.480 e. The van der Waals surface area contributed by atoms with Gasteiger partial charge in [0, 0.05) is 0 Å². The van der Waals surface area contributed by atoms with Gasteiger partial charge >= 0.3 is 5.97 Å². The fourth-order valence-electron chi connectivity index (χ4n) is 2.06. The smallest absolute Gasteiger partial charge is 0.321 e. The van der Waals surface area contributed by atoms with Crippen molar-refractivity contribution in [1.82, 2.24) is 4.90 Å². The van der Waals surface area contributed by atoms with Gasteiger partial charge in [-0.2, -0.15) is 0 Å².